The molecule has 0 fully saturated rings. The molecule has 0 aliphatic rings. The zero-order valence-corrected chi connectivity index (χ0v) is 13.3. The lowest BCUT2D eigenvalue weighted by molar-refractivity contribution is -0.128. The van der Waals surface area contributed by atoms with Gasteiger partial charge in [-0.05, 0) is 38.7 Å². The number of aromatic nitrogens is 2. The van der Waals surface area contributed by atoms with Gasteiger partial charge in [0.1, 0.15) is 6.54 Å². The Morgan fingerprint density at radius 1 is 1.30 bits per heavy atom. The Morgan fingerprint density at radius 2 is 1.90 bits per heavy atom. The number of hydrogen-bond acceptors (Lipinski definition) is 3. The van der Waals surface area contributed by atoms with E-state index < -0.39 is 6.04 Å². The van der Waals surface area contributed by atoms with Gasteiger partial charge in [-0.2, -0.15) is 5.10 Å². The molecule has 0 radical (unpaired) electrons. The largest absolute Gasteiger partial charge is 0.344 e. The van der Waals surface area contributed by atoms with E-state index in [1.54, 1.807) is 4.68 Å². The van der Waals surface area contributed by atoms with Gasteiger partial charge in [0.15, 0.2) is 5.78 Å². The number of nitrogens with zero attached hydrogens (tertiary/aromatic N) is 2. The third-order valence-corrected chi connectivity index (χ3v) is 3.60. The highest BCUT2D eigenvalue weighted by molar-refractivity contribution is 5.87. The van der Waals surface area contributed by atoms with E-state index in [1.807, 2.05) is 27.7 Å². The van der Waals surface area contributed by atoms with Crippen LogP contribution in [0.2, 0.25) is 0 Å². The van der Waals surface area contributed by atoms with Crippen molar-refractivity contribution in [3.8, 4) is 0 Å². The number of carbonyl (C=O) groups excluding carboxylic acids is 2. The molecule has 0 saturated carbocycles. The Labute approximate surface area is 120 Å². The molecule has 1 rings (SSSR count). The summed E-state index contributed by atoms with van der Waals surface area (Å²) >= 11 is 0. The molecular formula is C15H25N3O2. The normalized spacial score (nSPS) is 12.6. The number of amides is 1. The van der Waals surface area contributed by atoms with E-state index in [4.69, 9.17) is 0 Å². The zero-order chi connectivity index (χ0) is 15.4. The molecule has 1 amide bonds. The molecule has 0 bridgehead atoms. The van der Waals surface area contributed by atoms with Crippen LogP contribution >= 0.6 is 0 Å². The average Bonchev–Trinajstić information content (AvgIpc) is 2.60. The van der Waals surface area contributed by atoms with Crippen LogP contribution in [0.1, 0.15) is 44.6 Å². The predicted molar refractivity (Wildman–Crippen MR) is 78.5 cm³/mol. The highest BCUT2D eigenvalue weighted by Crippen LogP contribution is 2.13. The molecule has 20 heavy (non-hydrogen) atoms. The molecule has 1 N–H and O–H groups in total. The van der Waals surface area contributed by atoms with Crippen molar-refractivity contribution in [2.45, 2.75) is 60.5 Å². The van der Waals surface area contributed by atoms with Gasteiger partial charge in [0.05, 0.1) is 11.7 Å². The van der Waals surface area contributed by atoms with Crippen molar-refractivity contribution in [2.75, 3.05) is 0 Å². The van der Waals surface area contributed by atoms with E-state index in [2.05, 4.69) is 17.3 Å². The Hall–Kier alpha value is -1.65. The van der Waals surface area contributed by atoms with Gasteiger partial charge in [-0.25, -0.2) is 0 Å². The third-order valence-electron chi connectivity index (χ3n) is 3.60. The van der Waals surface area contributed by atoms with E-state index in [1.165, 1.54) is 12.5 Å². The maximum Gasteiger partial charge on any atom is 0.242 e. The number of carbonyl (C=O) groups is 2. The Kier molecular flexibility index (Phi) is 5.48. The lowest BCUT2D eigenvalue weighted by Gasteiger charge is -2.19. The van der Waals surface area contributed by atoms with Crippen LogP contribution < -0.4 is 5.32 Å². The van der Waals surface area contributed by atoms with Crippen LogP contribution in [-0.2, 0) is 22.6 Å². The van der Waals surface area contributed by atoms with Crippen molar-refractivity contribution < 1.29 is 9.59 Å². The van der Waals surface area contributed by atoms with E-state index in [0.717, 1.165) is 17.8 Å². The van der Waals surface area contributed by atoms with E-state index in [0.29, 0.717) is 0 Å². The fraction of sp³-hybridized carbons (Fsp3) is 0.667. The van der Waals surface area contributed by atoms with Crippen molar-refractivity contribution in [2.24, 2.45) is 5.92 Å². The van der Waals surface area contributed by atoms with Crippen LogP contribution in [0, 0.1) is 19.8 Å². The lowest BCUT2D eigenvalue weighted by Crippen LogP contribution is -2.44. The average molecular weight is 279 g/mol. The minimum Gasteiger partial charge on any atom is -0.344 e. The fourth-order valence-electron chi connectivity index (χ4n) is 2.49. The molecule has 112 valence electrons. The van der Waals surface area contributed by atoms with Gasteiger partial charge in [-0.15, -0.1) is 0 Å². The maximum absolute atomic E-state index is 12.1. The molecular weight excluding hydrogens is 254 g/mol. The summed E-state index contributed by atoms with van der Waals surface area (Å²) in [5, 5.41) is 7.18. The first-order valence-corrected chi connectivity index (χ1v) is 7.10. The van der Waals surface area contributed by atoms with Gasteiger partial charge in [0.25, 0.3) is 0 Å². The SMILES string of the molecule is CCc1c(C)nn(CC(=O)NC(C(C)=O)C(C)C)c1C. The first-order chi connectivity index (χ1) is 9.27. The molecule has 0 saturated heterocycles. The summed E-state index contributed by atoms with van der Waals surface area (Å²) in [7, 11) is 0. The third kappa shape index (κ3) is 3.68. The Bertz CT molecular complexity index is 503. The fourth-order valence-corrected chi connectivity index (χ4v) is 2.49. The molecule has 0 spiro atoms. The van der Waals surface area contributed by atoms with Crippen molar-refractivity contribution in [1.82, 2.24) is 15.1 Å². The van der Waals surface area contributed by atoms with Gasteiger partial charge >= 0.3 is 0 Å². The smallest absolute Gasteiger partial charge is 0.242 e. The highest BCUT2D eigenvalue weighted by atomic mass is 16.2. The summed E-state index contributed by atoms with van der Waals surface area (Å²) in [5.74, 6) is -0.105. The summed E-state index contributed by atoms with van der Waals surface area (Å²) in [6.45, 7) is 11.5. The van der Waals surface area contributed by atoms with Crippen molar-refractivity contribution in [3.63, 3.8) is 0 Å². The molecule has 1 heterocycles. The minimum atomic E-state index is -0.426. The molecule has 5 nitrogen and oxygen atoms in total. The van der Waals surface area contributed by atoms with Crippen molar-refractivity contribution in [1.29, 1.82) is 0 Å². The number of ketones is 1. The van der Waals surface area contributed by atoms with Crippen LogP contribution in [0.3, 0.4) is 0 Å². The summed E-state index contributed by atoms with van der Waals surface area (Å²) in [4.78, 5) is 23.6. The van der Waals surface area contributed by atoms with Crippen LogP contribution in [-0.4, -0.2) is 27.5 Å². The molecule has 0 aromatic carbocycles. The summed E-state index contributed by atoms with van der Waals surface area (Å²) in [6.07, 6.45) is 0.904. The lowest BCUT2D eigenvalue weighted by atomic mass is 10.0. The molecule has 5 heteroatoms. The van der Waals surface area contributed by atoms with E-state index >= 15 is 0 Å². The van der Waals surface area contributed by atoms with Gasteiger partial charge in [0.2, 0.25) is 5.91 Å². The van der Waals surface area contributed by atoms with Crippen LogP contribution in [0.4, 0.5) is 0 Å². The molecule has 0 aliphatic heterocycles. The minimum absolute atomic E-state index is 0.0176. The second-order valence-electron chi connectivity index (χ2n) is 5.56. The first-order valence-electron chi connectivity index (χ1n) is 7.10. The standard InChI is InChI=1S/C15H25N3O2/c1-7-13-10(4)17-18(11(13)5)8-14(20)16-15(9(2)3)12(6)19/h9,15H,7-8H2,1-6H3,(H,16,20). The maximum atomic E-state index is 12.1. The van der Waals surface area contributed by atoms with Gasteiger partial charge in [-0.3, -0.25) is 14.3 Å². The molecule has 1 unspecified atom stereocenters. The number of Topliss-reactive ketones (excluding diaryl/α,β-unsaturated/α-hetero) is 1. The monoisotopic (exact) mass is 279 g/mol. The van der Waals surface area contributed by atoms with E-state index in [9.17, 15) is 9.59 Å². The summed E-state index contributed by atoms with van der Waals surface area (Å²) in [5.41, 5.74) is 3.17. The second kappa shape index (κ2) is 6.68. The van der Waals surface area contributed by atoms with Crippen LogP contribution in [0.15, 0.2) is 0 Å². The van der Waals surface area contributed by atoms with E-state index in [-0.39, 0.29) is 24.2 Å². The number of aryl methyl sites for hydroxylation is 1. The van der Waals surface area contributed by atoms with Crippen molar-refractivity contribution in [3.05, 3.63) is 17.0 Å². The number of nitrogens with one attached hydrogen (secondary N) is 1. The number of rotatable bonds is 6. The van der Waals surface area contributed by atoms with Crippen LogP contribution in [0.5, 0.6) is 0 Å². The molecule has 1 aromatic heterocycles. The Morgan fingerprint density at radius 3 is 2.30 bits per heavy atom. The summed E-state index contributed by atoms with van der Waals surface area (Å²) < 4.78 is 1.71. The first kappa shape index (κ1) is 16.4. The molecule has 1 aromatic rings. The second-order valence-corrected chi connectivity index (χ2v) is 5.56. The molecule has 0 aliphatic carbocycles. The predicted octanol–water partition coefficient (Wildman–Crippen LogP) is 1.79. The number of hydrogen-bond donors (Lipinski definition) is 1. The summed E-state index contributed by atoms with van der Waals surface area (Å²) in [6, 6.07) is -0.426. The van der Waals surface area contributed by atoms with Gasteiger partial charge in [0, 0.05) is 5.69 Å². The van der Waals surface area contributed by atoms with Gasteiger partial charge < -0.3 is 5.32 Å². The zero-order valence-electron chi connectivity index (χ0n) is 13.3. The highest BCUT2D eigenvalue weighted by Gasteiger charge is 2.21. The molecule has 1 atom stereocenters. The van der Waals surface area contributed by atoms with Gasteiger partial charge in [-0.1, -0.05) is 20.8 Å². The Balaban J connectivity index is 2.79. The van der Waals surface area contributed by atoms with Crippen LogP contribution in [0.25, 0.3) is 0 Å². The topological polar surface area (TPSA) is 64.0 Å². The van der Waals surface area contributed by atoms with Crippen molar-refractivity contribution >= 4 is 11.7 Å². The quantitative estimate of drug-likeness (QED) is 0.863.